The fourth-order valence-corrected chi connectivity index (χ4v) is 4.77. The van der Waals surface area contributed by atoms with Crippen LogP contribution in [0.3, 0.4) is 0 Å². The minimum atomic E-state index is -0.368. The third kappa shape index (κ3) is 5.25. The Hall–Kier alpha value is -2.86. The molecule has 2 fully saturated rings. The second-order valence-electron chi connectivity index (χ2n) is 8.91. The molecule has 4 rings (SSSR count). The van der Waals surface area contributed by atoms with Crippen LogP contribution >= 0.6 is 0 Å². The number of carbonyl (C=O) groups is 2. The predicted octanol–water partition coefficient (Wildman–Crippen LogP) is 4.05. The van der Waals surface area contributed by atoms with Crippen molar-refractivity contribution in [1.82, 2.24) is 10.2 Å². The van der Waals surface area contributed by atoms with Crippen LogP contribution in [0, 0.1) is 11.8 Å². The van der Waals surface area contributed by atoms with Gasteiger partial charge in [0, 0.05) is 37.4 Å². The normalized spacial score (nSPS) is 21.7. The first-order valence-corrected chi connectivity index (χ1v) is 11.1. The van der Waals surface area contributed by atoms with Gasteiger partial charge in [-0.2, -0.15) is 0 Å². The van der Waals surface area contributed by atoms with E-state index < -0.39 is 0 Å². The van der Waals surface area contributed by atoms with E-state index in [1.165, 1.54) is 12.0 Å². The number of rotatable bonds is 6. The molecular weight excluding hydrogens is 390 g/mol. The van der Waals surface area contributed by atoms with Crippen LogP contribution in [0.25, 0.3) is 0 Å². The van der Waals surface area contributed by atoms with Gasteiger partial charge in [0.05, 0.1) is 6.54 Å². The Morgan fingerprint density at radius 1 is 1.06 bits per heavy atom. The SMILES string of the molecule is CC1CC(C)CN(Cc2ccccc2CNC(=O)c2cccc(N3CCOC3=O)c2)C1. The van der Waals surface area contributed by atoms with Crippen LogP contribution in [0.1, 0.15) is 41.8 Å². The molecule has 0 spiro atoms. The highest BCUT2D eigenvalue weighted by Gasteiger charge is 2.24. The van der Waals surface area contributed by atoms with E-state index in [0.29, 0.717) is 30.9 Å². The van der Waals surface area contributed by atoms with E-state index >= 15 is 0 Å². The molecule has 2 aromatic carbocycles. The second kappa shape index (κ2) is 9.52. The number of nitrogens with one attached hydrogen (secondary N) is 1. The molecule has 2 aromatic rings. The largest absolute Gasteiger partial charge is 0.447 e. The molecular formula is C25H31N3O3. The van der Waals surface area contributed by atoms with Crippen molar-refractivity contribution in [2.24, 2.45) is 11.8 Å². The van der Waals surface area contributed by atoms with E-state index in [4.69, 9.17) is 4.74 Å². The lowest BCUT2D eigenvalue weighted by Crippen LogP contribution is -2.38. The summed E-state index contributed by atoms with van der Waals surface area (Å²) < 4.78 is 5.00. The second-order valence-corrected chi connectivity index (χ2v) is 8.91. The Labute approximate surface area is 184 Å². The van der Waals surface area contributed by atoms with E-state index in [1.54, 1.807) is 23.1 Å². The molecule has 2 amide bonds. The Morgan fingerprint density at radius 2 is 1.81 bits per heavy atom. The number of hydrogen-bond donors (Lipinski definition) is 1. The zero-order valence-corrected chi connectivity index (χ0v) is 18.3. The third-order valence-electron chi connectivity index (χ3n) is 6.08. The van der Waals surface area contributed by atoms with E-state index in [0.717, 1.165) is 37.0 Å². The molecule has 2 atom stereocenters. The lowest BCUT2D eigenvalue weighted by Gasteiger charge is -2.35. The summed E-state index contributed by atoms with van der Waals surface area (Å²) in [7, 11) is 0. The average Bonchev–Trinajstić information content (AvgIpc) is 3.18. The Kier molecular flexibility index (Phi) is 6.56. The van der Waals surface area contributed by atoms with E-state index in [9.17, 15) is 9.59 Å². The number of hydrogen-bond acceptors (Lipinski definition) is 4. The molecule has 2 unspecified atom stereocenters. The molecule has 6 heteroatoms. The number of carbonyl (C=O) groups excluding carboxylic acids is 2. The fraction of sp³-hybridized carbons (Fsp3) is 0.440. The van der Waals surface area contributed by atoms with Crippen molar-refractivity contribution in [3.63, 3.8) is 0 Å². The Morgan fingerprint density at radius 3 is 2.52 bits per heavy atom. The summed E-state index contributed by atoms with van der Waals surface area (Å²) in [6.45, 7) is 9.16. The topological polar surface area (TPSA) is 61.9 Å². The quantitative estimate of drug-likeness (QED) is 0.764. The zero-order valence-electron chi connectivity index (χ0n) is 18.3. The molecule has 2 saturated heterocycles. The van der Waals surface area contributed by atoms with Gasteiger partial charge in [-0.1, -0.05) is 44.2 Å². The van der Waals surface area contributed by atoms with Gasteiger partial charge in [0.25, 0.3) is 5.91 Å². The molecule has 6 nitrogen and oxygen atoms in total. The van der Waals surface area contributed by atoms with Crippen LogP contribution in [-0.4, -0.2) is 43.1 Å². The highest BCUT2D eigenvalue weighted by atomic mass is 16.6. The van der Waals surface area contributed by atoms with Crippen molar-refractivity contribution in [3.05, 3.63) is 65.2 Å². The molecule has 2 heterocycles. The van der Waals surface area contributed by atoms with Crippen molar-refractivity contribution in [3.8, 4) is 0 Å². The van der Waals surface area contributed by atoms with E-state index in [1.807, 2.05) is 12.1 Å². The van der Waals surface area contributed by atoms with Crippen LogP contribution in [0.2, 0.25) is 0 Å². The molecule has 0 aliphatic carbocycles. The van der Waals surface area contributed by atoms with Gasteiger partial charge < -0.3 is 10.1 Å². The number of cyclic esters (lactones) is 1. The minimum absolute atomic E-state index is 0.149. The molecule has 0 saturated carbocycles. The summed E-state index contributed by atoms with van der Waals surface area (Å²) in [6.07, 6.45) is 0.926. The molecule has 1 N–H and O–H groups in total. The molecule has 0 bridgehead atoms. The van der Waals surface area contributed by atoms with Gasteiger partial charge in [0.1, 0.15) is 6.61 Å². The van der Waals surface area contributed by atoms with E-state index in [-0.39, 0.29) is 12.0 Å². The lowest BCUT2D eigenvalue weighted by atomic mass is 9.91. The summed E-state index contributed by atoms with van der Waals surface area (Å²) in [5.74, 6) is 1.29. The lowest BCUT2D eigenvalue weighted by molar-refractivity contribution is 0.0950. The van der Waals surface area contributed by atoms with Crippen LogP contribution in [0.5, 0.6) is 0 Å². The number of benzene rings is 2. The maximum atomic E-state index is 12.8. The van der Waals surface area contributed by atoms with Crippen LogP contribution < -0.4 is 10.2 Å². The van der Waals surface area contributed by atoms with Crippen LogP contribution in [0.15, 0.2) is 48.5 Å². The highest BCUT2D eigenvalue weighted by molar-refractivity contribution is 5.97. The summed E-state index contributed by atoms with van der Waals surface area (Å²) in [5.41, 5.74) is 3.62. The third-order valence-corrected chi connectivity index (χ3v) is 6.08. The maximum absolute atomic E-state index is 12.8. The standard InChI is InChI=1S/C25H31N3O3/c1-18-12-19(2)16-27(15-18)17-22-7-4-3-6-21(22)14-26-24(29)20-8-5-9-23(13-20)28-10-11-31-25(28)30/h3-9,13,18-19H,10-12,14-17H2,1-2H3,(H,26,29). The van der Waals surface area contributed by atoms with Gasteiger partial charge >= 0.3 is 6.09 Å². The molecule has 0 radical (unpaired) electrons. The van der Waals surface area contributed by atoms with Gasteiger partial charge in [-0.15, -0.1) is 0 Å². The van der Waals surface area contributed by atoms with Gasteiger partial charge in [0.2, 0.25) is 0 Å². The van der Waals surface area contributed by atoms with Crippen molar-refractivity contribution >= 4 is 17.7 Å². The molecule has 2 aliphatic heterocycles. The van der Waals surface area contributed by atoms with Crippen molar-refractivity contribution < 1.29 is 14.3 Å². The smallest absolute Gasteiger partial charge is 0.414 e. The van der Waals surface area contributed by atoms with Gasteiger partial charge in [-0.3, -0.25) is 14.6 Å². The van der Waals surface area contributed by atoms with Crippen molar-refractivity contribution in [2.75, 3.05) is 31.1 Å². The Bertz CT molecular complexity index is 935. The number of nitrogens with zero attached hydrogens (tertiary/aromatic N) is 2. The first-order chi connectivity index (χ1) is 15.0. The summed E-state index contributed by atoms with van der Waals surface area (Å²) in [5, 5.41) is 3.05. The molecule has 0 aromatic heterocycles. The predicted molar refractivity (Wildman–Crippen MR) is 121 cm³/mol. The van der Waals surface area contributed by atoms with Gasteiger partial charge in [-0.25, -0.2) is 4.79 Å². The number of piperidine rings is 1. The summed E-state index contributed by atoms with van der Waals surface area (Å²) in [4.78, 5) is 28.7. The molecule has 31 heavy (non-hydrogen) atoms. The monoisotopic (exact) mass is 421 g/mol. The minimum Gasteiger partial charge on any atom is -0.447 e. The maximum Gasteiger partial charge on any atom is 0.414 e. The summed E-state index contributed by atoms with van der Waals surface area (Å²) in [6, 6.07) is 15.4. The van der Waals surface area contributed by atoms with Crippen molar-refractivity contribution in [2.45, 2.75) is 33.4 Å². The fourth-order valence-electron chi connectivity index (χ4n) is 4.77. The number of amides is 2. The number of likely N-dealkylation sites (tertiary alicyclic amines) is 1. The number of ether oxygens (including phenoxy) is 1. The first kappa shape index (κ1) is 21.4. The van der Waals surface area contributed by atoms with Crippen molar-refractivity contribution in [1.29, 1.82) is 0 Å². The summed E-state index contributed by atoms with van der Waals surface area (Å²) >= 11 is 0. The molecule has 164 valence electrons. The van der Waals surface area contributed by atoms with Gasteiger partial charge in [-0.05, 0) is 47.6 Å². The van der Waals surface area contributed by atoms with E-state index in [2.05, 4.69) is 42.3 Å². The number of anilines is 1. The van der Waals surface area contributed by atoms with Crippen LogP contribution in [0.4, 0.5) is 10.5 Å². The average molecular weight is 422 g/mol. The Balaban J connectivity index is 1.40. The highest BCUT2D eigenvalue weighted by Crippen LogP contribution is 2.24. The first-order valence-electron chi connectivity index (χ1n) is 11.1. The molecule has 2 aliphatic rings. The van der Waals surface area contributed by atoms with Gasteiger partial charge in [0.15, 0.2) is 0 Å². The van der Waals surface area contributed by atoms with Crippen LogP contribution in [-0.2, 0) is 17.8 Å². The zero-order chi connectivity index (χ0) is 21.8.